The van der Waals surface area contributed by atoms with Crippen LogP contribution in [0.2, 0.25) is 19.6 Å². The van der Waals surface area contributed by atoms with E-state index in [2.05, 4.69) is 31.1 Å². The Morgan fingerprint density at radius 3 is 2.52 bits per heavy atom. The van der Waals surface area contributed by atoms with Crippen molar-refractivity contribution in [2.45, 2.75) is 63.8 Å². The van der Waals surface area contributed by atoms with Crippen molar-refractivity contribution in [3.63, 3.8) is 0 Å². The molecule has 0 aromatic rings. The molecule has 1 aliphatic heterocycles. The van der Waals surface area contributed by atoms with Gasteiger partial charge in [0.2, 0.25) is 6.54 Å². The highest BCUT2D eigenvalue weighted by molar-refractivity contribution is 6.83. The average Bonchev–Trinajstić information content (AvgIpc) is 2.45. The molecule has 0 aromatic heterocycles. The van der Waals surface area contributed by atoms with E-state index in [-0.39, 0.29) is 6.54 Å². The van der Waals surface area contributed by atoms with E-state index in [9.17, 15) is 14.9 Å². The topological polar surface area (TPSA) is 87.9 Å². The first kappa shape index (κ1) is 19.9. The second-order valence-corrected chi connectivity index (χ2v) is 13.1. The summed E-state index contributed by atoms with van der Waals surface area (Å²) < 4.78 is 17.0. The Balaban J connectivity index is 2.45. The largest absolute Gasteiger partial charge is 0.469 e. The summed E-state index contributed by atoms with van der Waals surface area (Å²) in [6, 6.07) is 0. The number of rotatable bonds is 3. The Morgan fingerprint density at radius 2 is 2.00 bits per heavy atom. The zero-order valence-electron chi connectivity index (χ0n) is 15.8. The number of esters is 1. The van der Waals surface area contributed by atoms with Crippen LogP contribution in [0, 0.1) is 33.4 Å². The first-order chi connectivity index (χ1) is 11.4. The smallest absolute Gasteiger partial charge is 0.309 e. The number of methoxy groups -OCH3 is 1. The van der Waals surface area contributed by atoms with Crippen LogP contribution in [0.1, 0.15) is 26.7 Å². The highest BCUT2D eigenvalue weighted by atomic mass is 28.3. The summed E-state index contributed by atoms with van der Waals surface area (Å²) in [6.45, 7) is 9.63. The van der Waals surface area contributed by atoms with Gasteiger partial charge in [0.15, 0.2) is 5.79 Å². The molecule has 1 saturated heterocycles. The first-order valence-electron chi connectivity index (χ1n) is 8.48. The Bertz CT molecular complexity index is 617. The fourth-order valence-corrected chi connectivity index (χ4v) is 4.26. The Kier molecular flexibility index (Phi) is 5.33. The van der Waals surface area contributed by atoms with Crippen LogP contribution >= 0.6 is 0 Å². The molecule has 4 atom stereocenters. The van der Waals surface area contributed by atoms with E-state index in [4.69, 9.17) is 14.2 Å². The van der Waals surface area contributed by atoms with Gasteiger partial charge in [-0.3, -0.25) is 14.9 Å². The van der Waals surface area contributed by atoms with Crippen LogP contribution in [-0.4, -0.2) is 50.1 Å². The summed E-state index contributed by atoms with van der Waals surface area (Å²) in [6.07, 6.45) is 0.252. The minimum absolute atomic E-state index is 0.291. The molecule has 2 rings (SSSR count). The zero-order chi connectivity index (χ0) is 19.0. The molecule has 0 spiro atoms. The molecule has 0 aromatic carbocycles. The zero-order valence-corrected chi connectivity index (χ0v) is 16.8. The van der Waals surface area contributed by atoms with Crippen molar-refractivity contribution in [2.24, 2.45) is 11.8 Å². The summed E-state index contributed by atoms with van der Waals surface area (Å²) in [5, 5.41) is 11.1. The summed E-state index contributed by atoms with van der Waals surface area (Å²) in [4.78, 5) is 23.0. The van der Waals surface area contributed by atoms with Gasteiger partial charge in [0.25, 0.3) is 0 Å². The molecule has 1 aliphatic carbocycles. The maximum absolute atomic E-state index is 12.3. The lowest BCUT2D eigenvalue weighted by molar-refractivity contribution is -0.498. The van der Waals surface area contributed by atoms with Crippen LogP contribution in [0.25, 0.3) is 0 Å². The second-order valence-electron chi connectivity index (χ2n) is 8.37. The number of fused-ring (bicyclic) bond motifs is 2. The molecular formula is C17H27NO6Si. The van der Waals surface area contributed by atoms with Gasteiger partial charge in [-0.05, 0) is 13.8 Å². The van der Waals surface area contributed by atoms with E-state index in [1.807, 2.05) is 0 Å². The third kappa shape index (κ3) is 4.81. The van der Waals surface area contributed by atoms with E-state index >= 15 is 0 Å². The van der Waals surface area contributed by atoms with Crippen molar-refractivity contribution < 1.29 is 23.9 Å². The molecule has 1 saturated carbocycles. The predicted molar refractivity (Wildman–Crippen MR) is 94.0 cm³/mol. The lowest BCUT2D eigenvalue weighted by atomic mass is 9.69. The van der Waals surface area contributed by atoms with Crippen LogP contribution in [0.4, 0.5) is 0 Å². The van der Waals surface area contributed by atoms with Gasteiger partial charge in [-0.1, -0.05) is 25.6 Å². The van der Waals surface area contributed by atoms with Crippen LogP contribution < -0.4 is 0 Å². The van der Waals surface area contributed by atoms with Gasteiger partial charge in [0.1, 0.15) is 13.7 Å². The molecule has 140 valence electrons. The quantitative estimate of drug-likeness (QED) is 0.249. The second kappa shape index (κ2) is 6.70. The fraction of sp³-hybridized carbons (Fsp3) is 0.824. The molecule has 8 heteroatoms. The molecule has 1 unspecified atom stereocenters. The predicted octanol–water partition coefficient (Wildman–Crippen LogP) is 2.23. The number of hydrogen-bond acceptors (Lipinski definition) is 6. The molecule has 0 radical (unpaired) electrons. The Morgan fingerprint density at radius 1 is 1.36 bits per heavy atom. The number of hydrogen-bond donors (Lipinski definition) is 0. The number of nitro groups is 1. The van der Waals surface area contributed by atoms with Gasteiger partial charge in [0.05, 0.1) is 25.0 Å². The van der Waals surface area contributed by atoms with Crippen molar-refractivity contribution in [1.29, 1.82) is 0 Å². The minimum Gasteiger partial charge on any atom is -0.469 e. The summed E-state index contributed by atoms with van der Waals surface area (Å²) >= 11 is 0. The van der Waals surface area contributed by atoms with Crippen LogP contribution in [0.15, 0.2) is 0 Å². The fourth-order valence-electron chi connectivity index (χ4n) is 3.65. The van der Waals surface area contributed by atoms with E-state index < -0.39 is 48.3 Å². The van der Waals surface area contributed by atoms with Gasteiger partial charge in [-0.15, -0.1) is 5.54 Å². The number of nitrogens with zero attached hydrogens (tertiary/aromatic N) is 1. The molecule has 7 nitrogen and oxygen atoms in total. The molecule has 25 heavy (non-hydrogen) atoms. The van der Waals surface area contributed by atoms with Crippen molar-refractivity contribution in [3.8, 4) is 11.5 Å². The lowest BCUT2D eigenvalue weighted by Crippen LogP contribution is -2.61. The Labute approximate surface area is 149 Å². The van der Waals surface area contributed by atoms with Gasteiger partial charge in [-0.2, -0.15) is 0 Å². The highest BCUT2D eigenvalue weighted by Crippen LogP contribution is 2.48. The van der Waals surface area contributed by atoms with E-state index in [0.717, 1.165) is 0 Å². The van der Waals surface area contributed by atoms with Gasteiger partial charge < -0.3 is 14.2 Å². The summed E-state index contributed by atoms with van der Waals surface area (Å²) in [5.74, 6) is 0.683. The first-order valence-corrected chi connectivity index (χ1v) is 12.0. The number of ether oxygens (including phenoxy) is 3. The third-order valence-electron chi connectivity index (χ3n) is 4.48. The van der Waals surface area contributed by atoms with Crippen molar-refractivity contribution in [2.75, 3.05) is 13.7 Å². The standard InChI is InChI=1S/C17H27NO6Si/c1-16(2)23-14-10-17(24-16,7-8-25(4,5)6)9-12(15(19)22-3)13(14)11-18(20)21/h12-14H,9-11H2,1-6H3/t12-,13+,14-,17?/m0/s1. The van der Waals surface area contributed by atoms with Crippen molar-refractivity contribution >= 4 is 14.0 Å². The molecule has 1 heterocycles. The van der Waals surface area contributed by atoms with Crippen LogP contribution in [0.5, 0.6) is 0 Å². The van der Waals surface area contributed by atoms with Crippen LogP contribution in [0.3, 0.4) is 0 Å². The molecular weight excluding hydrogens is 342 g/mol. The van der Waals surface area contributed by atoms with E-state index in [1.54, 1.807) is 13.8 Å². The van der Waals surface area contributed by atoms with E-state index in [0.29, 0.717) is 12.8 Å². The average molecular weight is 369 g/mol. The molecule has 2 bridgehead atoms. The molecule has 0 amide bonds. The minimum atomic E-state index is -1.66. The van der Waals surface area contributed by atoms with Gasteiger partial charge in [0, 0.05) is 17.8 Å². The monoisotopic (exact) mass is 369 g/mol. The Hall–Kier alpha value is -1.43. The molecule has 2 aliphatic rings. The van der Waals surface area contributed by atoms with Crippen molar-refractivity contribution in [1.82, 2.24) is 0 Å². The summed E-state index contributed by atoms with van der Waals surface area (Å²) in [5.41, 5.74) is 2.50. The number of carbonyl (C=O) groups excluding carboxylic acids is 1. The maximum Gasteiger partial charge on any atom is 0.309 e. The molecule has 0 N–H and O–H groups in total. The number of carbonyl (C=O) groups is 1. The maximum atomic E-state index is 12.3. The van der Waals surface area contributed by atoms with Crippen LogP contribution in [-0.2, 0) is 19.0 Å². The normalized spacial score (nSPS) is 33.8. The van der Waals surface area contributed by atoms with E-state index in [1.165, 1.54) is 7.11 Å². The molecule has 2 fully saturated rings. The summed E-state index contributed by atoms with van der Waals surface area (Å²) in [7, 11) is -0.362. The van der Waals surface area contributed by atoms with Gasteiger partial charge >= 0.3 is 5.97 Å². The van der Waals surface area contributed by atoms with Gasteiger partial charge in [-0.25, -0.2) is 0 Å². The third-order valence-corrected chi connectivity index (χ3v) is 5.36. The van der Waals surface area contributed by atoms with Crippen molar-refractivity contribution in [3.05, 3.63) is 10.1 Å². The lowest BCUT2D eigenvalue weighted by Gasteiger charge is -2.53. The SMILES string of the molecule is COC(=O)[C@H]1CC2(C#C[Si](C)(C)C)C[C@H](OC(C)(C)O2)[C@@H]1C[N+](=O)[O-]. The highest BCUT2D eigenvalue weighted by Gasteiger charge is 2.57.